The molecule has 2 aliphatic rings. The van der Waals surface area contributed by atoms with E-state index < -0.39 is 0 Å². The summed E-state index contributed by atoms with van der Waals surface area (Å²) in [4.78, 5) is 21.6. The number of aromatic nitrogens is 4. The predicted octanol–water partition coefficient (Wildman–Crippen LogP) is 2.70. The first-order valence-electron chi connectivity index (χ1n) is 11.0. The highest BCUT2D eigenvalue weighted by atomic mass is 16.5. The van der Waals surface area contributed by atoms with Gasteiger partial charge in [0.1, 0.15) is 5.82 Å². The Bertz CT molecular complexity index is 819. The Balaban J connectivity index is 0.000000448. The number of anilines is 3. The number of aromatic amines is 2. The summed E-state index contributed by atoms with van der Waals surface area (Å²) in [5.74, 6) is 1.72. The third kappa shape index (κ3) is 6.56. The van der Waals surface area contributed by atoms with Gasteiger partial charge in [-0.1, -0.05) is 13.3 Å². The summed E-state index contributed by atoms with van der Waals surface area (Å²) >= 11 is 0. The summed E-state index contributed by atoms with van der Waals surface area (Å²) in [7, 11) is 2.00. The molecule has 166 valence electrons. The van der Waals surface area contributed by atoms with Crippen LogP contribution in [0, 0.1) is 6.92 Å². The fourth-order valence-electron chi connectivity index (χ4n) is 3.65. The van der Waals surface area contributed by atoms with E-state index in [0.29, 0.717) is 29.7 Å². The standard InChI is InChI=1S/C17H27N7O.C4H8O/c1-4-5-13(9-12-6-7-18-12)24(3)17-20-14(10-16(25)21-17)19-15-8-11(2)22-23-15;1-2-4-5-3-1/h8,10,12-13,18H,4-7,9H2,1-3H3,(H3,19,20,21,22,23,25);1-4H2. The molecular formula is C21H35N7O2. The van der Waals surface area contributed by atoms with Crippen molar-refractivity contribution in [2.45, 2.75) is 64.5 Å². The number of hydrogen-bond donors (Lipinski definition) is 4. The monoisotopic (exact) mass is 417 g/mol. The highest BCUT2D eigenvalue weighted by molar-refractivity contribution is 5.53. The van der Waals surface area contributed by atoms with E-state index in [9.17, 15) is 4.79 Å². The minimum Gasteiger partial charge on any atom is -0.381 e. The van der Waals surface area contributed by atoms with E-state index in [4.69, 9.17) is 4.74 Å². The van der Waals surface area contributed by atoms with Crippen molar-refractivity contribution in [3.63, 3.8) is 0 Å². The minimum atomic E-state index is -0.177. The summed E-state index contributed by atoms with van der Waals surface area (Å²) in [5.41, 5.74) is 0.768. The molecule has 0 radical (unpaired) electrons. The molecule has 30 heavy (non-hydrogen) atoms. The lowest BCUT2D eigenvalue weighted by Crippen LogP contribution is -2.48. The van der Waals surface area contributed by atoms with Crippen molar-refractivity contribution >= 4 is 17.6 Å². The normalized spacial score (nSPS) is 18.8. The lowest BCUT2D eigenvalue weighted by molar-refractivity contribution is 0.198. The zero-order valence-corrected chi connectivity index (χ0v) is 18.3. The van der Waals surface area contributed by atoms with Gasteiger partial charge in [0.25, 0.3) is 5.56 Å². The van der Waals surface area contributed by atoms with Gasteiger partial charge in [-0.2, -0.15) is 10.1 Å². The van der Waals surface area contributed by atoms with Crippen LogP contribution in [0.5, 0.6) is 0 Å². The van der Waals surface area contributed by atoms with Crippen LogP contribution in [0.1, 0.15) is 51.1 Å². The molecule has 0 saturated carbocycles. The summed E-state index contributed by atoms with van der Waals surface area (Å²) in [6.07, 6.45) is 6.99. The molecule has 9 heteroatoms. The number of hydrogen-bond acceptors (Lipinski definition) is 7. The number of ether oxygens (including phenoxy) is 1. The highest BCUT2D eigenvalue weighted by Gasteiger charge is 2.25. The molecule has 2 unspecified atom stereocenters. The van der Waals surface area contributed by atoms with Crippen LogP contribution >= 0.6 is 0 Å². The van der Waals surface area contributed by atoms with Crippen LogP contribution in [0.25, 0.3) is 0 Å². The molecule has 9 nitrogen and oxygen atoms in total. The molecule has 0 bridgehead atoms. The molecule has 4 heterocycles. The van der Waals surface area contributed by atoms with Crippen LogP contribution in [0.2, 0.25) is 0 Å². The van der Waals surface area contributed by atoms with Gasteiger partial charge in [0.05, 0.1) is 0 Å². The molecule has 2 atom stereocenters. The number of H-pyrrole nitrogens is 2. The zero-order chi connectivity index (χ0) is 21.3. The summed E-state index contributed by atoms with van der Waals surface area (Å²) < 4.78 is 4.94. The molecule has 2 aliphatic heterocycles. The van der Waals surface area contributed by atoms with Crippen molar-refractivity contribution in [2.24, 2.45) is 0 Å². The zero-order valence-electron chi connectivity index (χ0n) is 18.3. The second kappa shape index (κ2) is 11.1. The fraction of sp³-hybridized carbons (Fsp3) is 0.667. The Labute approximate surface area is 178 Å². The maximum absolute atomic E-state index is 12.1. The van der Waals surface area contributed by atoms with E-state index in [1.807, 2.05) is 20.0 Å². The Hall–Kier alpha value is -2.39. The van der Waals surface area contributed by atoms with E-state index >= 15 is 0 Å². The molecule has 2 fully saturated rings. The van der Waals surface area contributed by atoms with Crippen LogP contribution in [0.4, 0.5) is 17.6 Å². The average molecular weight is 418 g/mol. The minimum absolute atomic E-state index is 0.177. The lowest BCUT2D eigenvalue weighted by atomic mass is 9.95. The molecule has 0 spiro atoms. The number of nitrogens with one attached hydrogen (secondary N) is 4. The first-order valence-corrected chi connectivity index (χ1v) is 11.0. The third-order valence-corrected chi connectivity index (χ3v) is 5.50. The van der Waals surface area contributed by atoms with Crippen LogP contribution in [-0.4, -0.2) is 59.1 Å². The number of aryl methyl sites for hydroxylation is 1. The van der Waals surface area contributed by atoms with Crippen molar-refractivity contribution < 1.29 is 4.74 Å². The molecule has 4 N–H and O–H groups in total. The summed E-state index contributed by atoms with van der Waals surface area (Å²) in [6.45, 7) is 7.21. The quantitative estimate of drug-likeness (QED) is 0.522. The van der Waals surface area contributed by atoms with E-state index in [2.05, 4.69) is 42.6 Å². The van der Waals surface area contributed by atoms with Crippen molar-refractivity contribution in [2.75, 3.05) is 37.0 Å². The highest BCUT2D eigenvalue weighted by Crippen LogP contribution is 2.21. The Kier molecular flexibility index (Phi) is 8.27. The smallest absolute Gasteiger partial charge is 0.254 e. The van der Waals surface area contributed by atoms with Gasteiger partial charge in [-0.25, -0.2) is 0 Å². The molecular weight excluding hydrogens is 382 g/mol. The largest absolute Gasteiger partial charge is 0.381 e. The van der Waals surface area contributed by atoms with Gasteiger partial charge >= 0.3 is 0 Å². The van der Waals surface area contributed by atoms with Gasteiger partial charge in [0.15, 0.2) is 5.82 Å². The van der Waals surface area contributed by atoms with E-state index in [1.165, 1.54) is 25.3 Å². The van der Waals surface area contributed by atoms with Gasteiger partial charge in [-0.15, -0.1) is 0 Å². The Morgan fingerprint density at radius 1 is 1.30 bits per heavy atom. The van der Waals surface area contributed by atoms with Crippen LogP contribution in [0.15, 0.2) is 16.9 Å². The molecule has 2 aromatic rings. The van der Waals surface area contributed by atoms with Crippen molar-refractivity contribution in [1.82, 2.24) is 25.5 Å². The van der Waals surface area contributed by atoms with Gasteiger partial charge in [0, 0.05) is 50.2 Å². The van der Waals surface area contributed by atoms with Gasteiger partial charge in [-0.05, 0) is 45.6 Å². The van der Waals surface area contributed by atoms with Crippen molar-refractivity contribution in [1.29, 1.82) is 0 Å². The molecule has 4 rings (SSSR count). The van der Waals surface area contributed by atoms with Gasteiger partial charge in [-0.3, -0.25) is 14.9 Å². The van der Waals surface area contributed by atoms with Crippen LogP contribution in [-0.2, 0) is 4.74 Å². The number of nitrogens with zero attached hydrogens (tertiary/aromatic N) is 3. The number of rotatable bonds is 8. The Morgan fingerprint density at radius 3 is 2.60 bits per heavy atom. The van der Waals surface area contributed by atoms with E-state index in [1.54, 1.807) is 0 Å². The molecule has 2 aromatic heterocycles. The molecule has 0 aromatic carbocycles. The predicted molar refractivity (Wildman–Crippen MR) is 120 cm³/mol. The average Bonchev–Trinajstić information content (AvgIpc) is 3.38. The molecule has 0 aliphatic carbocycles. The van der Waals surface area contributed by atoms with Crippen molar-refractivity contribution in [3.8, 4) is 0 Å². The lowest BCUT2D eigenvalue weighted by Gasteiger charge is -2.35. The van der Waals surface area contributed by atoms with Crippen molar-refractivity contribution in [3.05, 3.63) is 28.2 Å². The fourth-order valence-corrected chi connectivity index (χ4v) is 3.65. The first kappa shape index (κ1) is 22.3. The second-order valence-electron chi connectivity index (χ2n) is 8.06. The van der Waals surface area contributed by atoms with Crippen LogP contribution < -0.4 is 21.1 Å². The van der Waals surface area contributed by atoms with Crippen LogP contribution in [0.3, 0.4) is 0 Å². The van der Waals surface area contributed by atoms with E-state index in [0.717, 1.165) is 44.7 Å². The topological polar surface area (TPSA) is 111 Å². The summed E-state index contributed by atoms with van der Waals surface area (Å²) in [6, 6.07) is 4.23. The Morgan fingerprint density at radius 2 is 2.07 bits per heavy atom. The van der Waals surface area contributed by atoms with Gasteiger partial charge in [0.2, 0.25) is 5.95 Å². The first-order chi connectivity index (χ1) is 14.5. The van der Waals surface area contributed by atoms with E-state index in [-0.39, 0.29) is 5.56 Å². The molecule has 0 amide bonds. The summed E-state index contributed by atoms with van der Waals surface area (Å²) in [5, 5.41) is 13.5. The second-order valence-corrected chi connectivity index (χ2v) is 8.06. The SMILES string of the molecule is C1CCOC1.CCCC(CC1CCN1)N(C)c1nc(Nc2cc(C)[nH]n2)cc(=O)[nH]1. The third-order valence-electron chi connectivity index (χ3n) is 5.50. The maximum atomic E-state index is 12.1. The van der Waals surface area contributed by atoms with Gasteiger partial charge < -0.3 is 20.3 Å². The molecule has 2 saturated heterocycles. The maximum Gasteiger partial charge on any atom is 0.254 e.